The van der Waals surface area contributed by atoms with Crippen LogP contribution in [0, 0.1) is 6.92 Å². The molecule has 1 aliphatic heterocycles. The fourth-order valence-corrected chi connectivity index (χ4v) is 4.63. The number of likely N-dealkylation sites (tertiary alicyclic amines) is 1. The summed E-state index contributed by atoms with van der Waals surface area (Å²) in [6, 6.07) is 6.18. The number of pyridine rings is 1. The summed E-state index contributed by atoms with van der Waals surface area (Å²) in [5.74, 6) is 0.717. The van der Waals surface area contributed by atoms with Crippen LogP contribution in [0.2, 0.25) is 0 Å². The third-order valence-electron chi connectivity index (χ3n) is 6.20. The highest BCUT2D eigenvalue weighted by atomic mass is 16.5. The van der Waals surface area contributed by atoms with Crippen LogP contribution in [0.1, 0.15) is 36.9 Å². The Morgan fingerprint density at radius 1 is 1.31 bits per heavy atom. The fourth-order valence-electron chi connectivity index (χ4n) is 4.63. The van der Waals surface area contributed by atoms with Gasteiger partial charge in [-0.1, -0.05) is 6.07 Å². The highest BCUT2D eigenvalue weighted by molar-refractivity contribution is 5.17. The number of aromatic nitrogens is 3. The van der Waals surface area contributed by atoms with Crippen LogP contribution in [0.5, 0.6) is 5.88 Å². The van der Waals surface area contributed by atoms with Crippen LogP contribution < -0.4 is 4.74 Å². The molecule has 2 fully saturated rings. The van der Waals surface area contributed by atoms with E-state index in [1.165, 1.54) is 11.3 Å². The minimum Gasteiger partial charge on any atom is -0.474 e. The van der Waals surface area contributed by atoms with Crippen LogP contribution in [0.4, 0.5) is 0 Å². The van der Waals surface area contributed by atoms with Crippen molar-refractivity contribution in [1.29, 1.82) is 0 Å². The van der Waals surface area contributed by atoms with Crippen molar-refractivity contribution in [2.75, 3.05) is 13.7 Å². The molecular weight excluding hydrogens is 328 g/mol. The molecule has 0 aromatic carbocycles. The van der Waals surface area contributed by atoms with E-state index in [1.54, 1.807) is 6.20 Å². The minimum atomic E-state index is -0.0452. The van der Waals surface area contributed by atoms with E-state index in [1.807, 2.05) is 43.2 Å². The molecule has 2 aromatic heterocycles. The molecule has 3 heterocycles. The Bertz CT molecular complexity index is 728. The Hall–Kier alpha value is -1.92. The number of rotatable bonds is 5. The van der Waals surface area contributed by atoms with Gasteiger partial charge >= 0.3 is 0 Å². The Morgan fingerprint density at radius 3 is 2.88 bits per heavy atom. The summed E-state index contributed by atoms with van der Waals surface area (Å²) in [5.41, 5.74) is 2.49. The summed E-state index contributed by atoms with van der Waals surface area (Å²) < 4.78 is 14.2. The number of aryl methyl sites for hydroxylation is 2. The van der Waals surface area contributed by atoms with Gasteiger partial charge in [0.2, 0.25) is 5.88 Å². The largest absolute Gasteiger partial charge is 0.474 e. The summed E-state index contributed by atoms with van der Waals surface area (Å²) in [7, 11) is 3.89. The molecule has 0 bridgehead atoms. The van der Waals surface area contributed by atoms with Crippen molar-refractivity contribution in [1.82, 2.24) is 19.7 Å². The van der Waals surface area contributed by atoms with Gasteiger partial charge in [0.25, 0.3) is 0 Å². The number of hydrogen-bond acceptors (Lipinski definition) is 5. The normalized spacial score (nSPS) is 28.9. The van der Waals surface area contributed by atoms with Gasteiger partial charge in [0.05, 0.1) is 17.5 Å². The van der Waals surface area contributed by atoms with Crippen LogP contribution >= 0.6 is 0 Å². The van der Waals surface area contributed by atoms with Gasteiger partial charge in [-0.3, -0.25) is 9.58 Å². The molecule has 26 heavy (non-hydrogen) atoms. The number of fused-ring (bicyclic) bond motifs is 1. The first-order valence-electron chi connectivity index (χ1n) is 9.46. The van der Waals surface area contributed by atoms with Gasteiger partial charge in [-0.2, -0.15) is 5.10 Å². The van der Waals surface area contributed by atoms with Gasteiger partial charge in [0.1, 0.15) is 6.10 Å². The van der Waals surface area contributed by atoms with Gasteiger partial charge in [0, 0.05) is 52.0 Å². The third-order valence-corrected chi connectivity index (χ3v) is 6.20. The van der Waals surface area contributed by atoms with Gasteiger partial charge in [-0.05, 0) is 37.8 Å². The second-order valence-electron chi connectivity index (χ2n) is 7.59. The predicted molar refractivity (Wildman–Crippen MR) is 99.0 cm³/mol. The molecule has 140 valence electrons. The Morgan fingerprint density at radius 2 is 2.19 bits per heavy atom. The lowest BCUT2D eigenvalue weighted by atomic mass is 9.79. The molecule has 0 radical (unpaired) electrons. The highest BCUT2D eigenvalue weighted by Gasteiger charge is 2.51. The molecule has 0 amide bonds. The van der Waals surface area contributed by atoms with Crippen LogP contribution in [-0.4, -0.2) is 51.1 Å². The fraction of sp³-hybridized carbons (Fsp3) is 0.600. The first-order valence-corrected chi connectivity index (χ1v) is 9.46. The van der Waals surface area contributed by atoms with E-state index in [4.69, 9.17) is 9.47 Å². The summed E-state index contributed by atoms with van der Waals surface area (Å²) in [6.07, 6.45) is 8.02. The third kappa shape index (κ3) is 3.12. The van der Waals surface area contributed by atoms with Crippen molar-refractivity contribution >= 4 is 0 Å². The van der Waals surface area contributed by atoms with Gasteiger partial charge in [-0.15, -0.1) is 0 Å². The Balaban J connectivity index is 1.51. The first-order chi connectivity index (χ1) is 12.6. The molecule has 6 nitrogen and oxygen atoms in total. The SMILES string of the molecule is CO[C@@]12CCC(Oc3ccccn3)CC1N(Cc1c(C)cnn1C)CC2. The summed E-state index contributed by atoms with van der Waals surface area (Å²) >= 11 is 0. The minimum absolute atomic E-state index is 0.0452. The molecule has 6 heteroatoms. The number of nitrogens with zero attached hydrogens (tertiary/aromatic N) is 4. The van der Waals surface area contributed by atoms with Crippen LogP contribution in [0.15, 0.2) is 30.6 Å². The van der Waals surface area contributed by atoms with Crippen LogP contribution in [-0.2, 0) is 18.3 Å². The van der Waals surface area contributed by atoms with E-state index in [2.05, 4.69) is 21.9 Å². The average Bonchev–Trinajstić information content (AvgIpc) is 3.18. The zero-order valence-electron chi connectivity index (χ0n) is 15.9. The first kappa shape index (κ1) is 17.5. The monoisotopic (exact) mass is 356 g/mol. The van der Waals surface area contributed by atoms with Gasteiger partial charge in [-0.25, -0.2) is 4.98 Å². The second kappa shape index (κ2) is 7.00. The standard InChI is InChI=1S/C20H28N4O2/c1-15-13-22-23(2)17(15)14-24-11-9-20(25-3)8-7-16(12-18(20)24)26-19-6-4-5-10-21-19/h4-6,10,13,16,18H,7-9,11-12,14H2,1-3H3/t16?,18?,20-/m1/s1. The summed E-state index contributed by atoms with van der Waals surface area (Å²) in [5, 5.41) is 4.40. The van der Waals surface area contributed by atoms with Crippen LogP contribution in [0.3, 0.4) is 0 Å². The molecule has 0 spiro atoms. The van der Waals surface area contributed by atoms with E-state index in [-0.39, 0.29) is 11.7 Å². The molecule has 1 saturated carbocycles. The lowest BCUT2D eigenvalue weighted by Gasteiger charge is -2.43. The maximum absolute atomic E-state index is 6.17. The molecule has 3 atom stereocenters. The topological polar surface area (TPSA) is 52.4 Å². The van der Waals surface area contributed by atoms with Crippen molar-refractivity contribution in [3.63, 3.8) is 0 Å². The maximum atomic E-state index is 6.17. The molecule has 2 unspecified atom stereocenters. The maximum Gasteiger partial charge on any atom is 0.213 e. The lowest BCUT2D eigenvalue weighted by molar-refractivity contribution is -0.0845. The Kier molecular flexibility index (Phi) is 4.71. The smallest absolute Gasteiger partial charge is 0.213 e. The molecule has 0 N–H and O–H groups in total. The zero-order valence-corrected chi connectivity index (χ0v) is 15.9. The van der Waals surface area contributed by atoms with Crippen molar-refractivity contribution in [3.05, 3.63) is 41.9 Å². The lowest BCUT2D eigenvalue weighted by Crippen LogP contribution is -2.52. The van der Waals surface area contributed by atoms with E-state index >= 15 is 0 Å². The van der Waals surface area contributed by atoms with Crippen LogP contribution in [0.25, 0.3) is 0 Å². The van der Waals surface area contributed by atoms with Crippen molar-refractivity contribution in [2.45, 2.75) is 56.9 Å². The van der Waals surface area contributed by atoms with Crippen molar-refractivity contribution < 1.29 is 9.47 Å². The Labute approximate surface area is 155 Å². The van der Waals surface area contributed by atoms with E-state index in [9.17, 15) is 0 Å². The quantitative estimate of drug-likeness (QED) is 0.824. The zero-order chi connectivity index (χ0) is 18.1. The molecule has 1 saturated heterocycles. The second-order valence-corrected chi connectivity index (χ2v) is 7.59. The van der Waals surface area contributed by atoms with E-state index in [0.717, 1.165) is 44.7 Å². The van der Waals surface area contributed by atoms with Crippen molar-refractivity contribution in [2.24, 2.45) is 7.05 Å². The highest BCUT2D eigenvalue weighted by Crippen LogP contribution is 2.43. The molecular formula is C20H28N4O2. The molecule has 1 aliphatic carbocycles. The predicted octanol–water partition coefficient (Wildman–Crippen LogP) is 2.71. The molecule has 2 aliphatic rings. The van der Waals surface area contributed by atoms with Crippen molar-refractivity contribution in [3.8, 4) is 5.88 Å². The summed E-state index contributed by atoms with van der Waals surface area (Å²) in [4.78, 5) is 6.88. The number of ether oxygens (including phenoxy) is 2. The summed E-state index contributed by atoms with van der Waals surface area (Å²) in [6.45, 7) is 4.10. The van der Waals surface area contributed by atoms with Gasteiger partial charge in [0.15, 0.2) is 0 Å². The van der Waals surface area contributed by atoms with E-state index in [0.29, 0.717) is 6.04 Å². The molecule has 4 rings (SSSR count). The van der Waals surface area contributed by atoms with Gasteiger partial charge < -0.3 is 9.47 Å². The van der Waals surface area contributed by atoms with E-state index < -0.39 is 0 Å². The number of methoxy groups -OCH3 is 1. The molecule has 2 aromatic rings. The number of hydrogen-bond donors (Lipinski definition) is 0. The average molecular weight is 356 g/mol.